The van der Waals surface area contributed by atoms with Crippen LogP contribution < -0.4 is 23.1 Å². The Balaban J connectivity index is 0.000000640. The van der Waals surface area contributed by atoms with Gasteiger partial charge in [0.15, 0.2) is 0 Å². The van der Waals surface area contributed by atoms with E-state index < -0.39 is 0 Å². The number of aromatic nitrogens is 1. The number of aromatic amines is 1. The fraction of sp³-hybridized carbons (Fsp3) is 0. The Morgan fingerprint density at radius 2 is 2.11 bits per heavy atom. The summed E-state index contributed by atoms with van der Waals surface area (Å²) in [4.78, 5) is 2.87. The lowest BCUT2D eigenvalue weighted by Gasteiger charge is -1.83. The molecular weight excluding hydrogens is 250 g/mol. The highest BCUT2D eigenvalue weighted by molar-refractivity contribution is 14.1. The summed E-state index contributed by atoms with van der Waals surface area (Å²) in [5.74, 6) is 0.699. The molecule has 0 aliphatic rings. The molecule has 1 aromatic rings. The Bertz CT molecular complexity index is 154. The molecule has 0 atom stereocenters. The number of hydrogen-bond donors (Lipinski definition) is 1. The van der Waals surface area contributed by atoms with E-state index in [0.29, 0.717) is 5.82 Å². The summed E-state index contributed by atoms with van der Waals surface area (Å²) in [5.41, 5.74) is 5.37. The summed E-state index contributed by atoms with van der Waals surface area (Å²) in [6, 6.07) is 3.79. The molecule has 2 nitrogen and oxygen atoms in total. The Morgan fingerprint density at radius 3 is 2.44 bits per heavy atom. The van der Waals surface area contributed by atoms with Gasteiger partial charge in [0.2, 0.25) is 0 Å². The van der Waals surface area contributed by atoms with Crippen molar-refractivity contribution in [3.63, 3.8) is 0 Å². The van der Waals surface area contributed by atoms with Crippen LogP contribution in [-0.2, 0) is 0 Å². The van der Waals surface area contributed by atoms with Crippen molar-refractivity contribution in [2.24, 2.45) is 0 Å². The van der Waals surface area contributed by atoms with Crippen LogP contribution in [0.15, 0.2) is 18.3 Å². The van der Waals surface area contributed by atoms with Crippen molar-refractivity contribution < 1.29 is 17.4 Å². The smallest absolute Gasteiger partial charge is 0.270 e. The van der Waals surface area contributed by atoms with E-state index in [1.807, 2.05) is 18.3 Å². The second-order valence-electron chi connectivity index (χ2n) is 1.46. The molecular formula is C5H6ClIN2. The monoisotopic (exact) mass is 256 g/mol. The van der Waals surface area contributed by atoms with Gasteiger partial charge in [-0.3, -0.25) is 5.73 Å². The van der Waals surface area contributed by atoms with Gasteiger partial charge in [-0.05, 0) is 28.7 Å². The molecule has 0 amide bonds. The highest BCUT2D eigenvalue weighted by Gasteiger charge is 1.88. The van der Waals surface area contributed by atoms with Gasteiger partial charge < -0.3 is 12.4 Å². The van der Waals surface area contributed by atoms with Crippen LogP contribution >= 0.6 is 22.6 Å². The van der Waals surface area contributed by atoms with Crippen molar-refractivity contribution in [3.05, 3.63) is 21.9 Å². The van der Waals surface area contributed by atoms with Gasteiger partial charge in [0.25, 0.3) is 5.82 Å². The second-order valence-corrected chi connectivity index (χ2v) is 2.71. The van der Waals surface area contributed by atoms with Crippen LogP contribution in [0.25, 0.3) is 0 Å². The number of rotatable bonds is 0. The van der Waals surface area contributed by atoms with Crippen LogP contribution in [0.4, 0.5) is 5.82 Å². The van der Waals surface area contributed by atoms with Gasteiger partial charge in [-0.1, -0.05) is 0 Å². The predicted octanol–water partition coefficient (Wildman–Crippen LogP) is -2.31. The number of pyridine rings is 1. The SMILES string of the molecule is Nc1ccc(I)c[nH+]1.[Cl-]. The summed E-state index contributed by atoms with van der Waals surface area (Å²) in [7, 11) is 0. The first-order valence-corrected chi connectivity index (χ1v) is 3.29. The Hall–Kier alpha value is -0.0300. The Labute approximate surface area is 73.4 Å². The van der Waals surface area contributed by atoms with Crippen molar-refractivity contribution in [2.75, 3.05) is 5.73 Å². The molecule has 0 bridgehead atoms. The molecule has 0 radical (unpaired) electrons. The largest absolute Gasteiger partial charge is 1.00 e. The van der Waals surface area contributed by atoms with Crippen molar-refractivity contribution in [3.8, 4) is 0 Å². The molecule has 0 fully saturated rings. The number of nitrogens with two attached hydrogens (primary N) is 1. The molecule has 0 aliphatic heterocycles. The Morgan fingerprint density at radius 1 is 1.44 bits per heavy atom. The molecule has 0 aliphatic carbocycles. The normalized spacial score (nSPS) is 8.11. The fourth-order valence-corrected chi connectivity index (χ4v) is 0.753. The van der Waals surface area contributed by atoms with Crippen LogP contribution in [-0.4, -0.2) is 0 Å². The zero-order valence-corrected chi connectivity index (χ0v) is 7.48. The molecule has 3 N–H and O–H groups in total. The van der Waals surface area contributed by atoms with Gasteiger partial charge in [0.05, 0.1) is 3.57 Å². The average Bonchev–Trinajstić information content (AvgIpc) is 1.77. The molecule has 50 valence electrons. The lowest BCUT2D eigenvalue weighted by atomic mass is 10.5. The van der Waals surface area contributed by atoms with Crippen LogP contribution in [0.5, 0.6) is 0 Å². The molecule has 0 spiro atoms. The highest BCUT2D eigenvalue weighted by Crippen LogP contribution is 1.99. The van der Waals surface area contributed by atoms with Crippen molar-refractivity contribution in [1.29, 1.82) is 0 Å². The molecule has 4 heteroatoms. The van der Waals surface area contributed by atoms with E-state index in [1.165, 1.54) is 0 Å². The van der Waals surface area contributed by atoms with Gasteiger partial charge in [-0.25, -0.2) is 4.98 Å². The topological polar surface area (TPSA) is 40.2 Å². The maximum atomic E-state index is 5.37. The average molecular weight is 256 g/mol. The lowest BCUT2D eigenvalue weighted by molar-refractivity contribution is -0.361. The van der Waals surface area contributed by atoms with Crippen molar-refractivity contribution >= 4 is 28.4 Å². The maximum absolute atomic E-state index is 5.37. The summed E-state index contributed by atoms with van der Waals surface area (Å²) < 4.78 is 1.16. The van der Waals surface area contributed by atoms with E-state index in [0.717, 1.165) is 3.57 Å². The summed E-state index contributed by atoms with van der Waals surface area (Å²) in [6.07, 6.45) is 1.86. The zero-order valence-electron chi connectivity index (χ0n) is 4.57. The molecule has 1 heterocycles. The van der Waals surface area contributed by atoms with Crippen molar-refractivity contribution in [1.82, 2.24) is 0 Å². The number of hydrogen-bond acceptors (Lipinski definition) is 1. The summed E-state index contributed by atoms with van der Waals surface area (Å²) in [6.45, 7) is 0. The molecule has 9 heavy (non-hydrogen) atoms. The van der Waals surface area contributed by atoms with Gasteiger partial charge in [-0.2, -0.15) is 0 Å². The minimum absolute atomic E-state index is 0. The minimum atomic E-state index is 0. The zero-order chi connectivity index (χ0) is 5.98. The third kappa shape index (κ3) is 2.86. The van der Waals surface area contributed by atoms with Gasteiger partial charge >= 0.3 is 0 Å². The van der Waals surface area contributed by atoms with E-state index in [9.17, 15) is 0 Å². The van der Waals surface area contributed by atoms with Crippen LogP contribution in [0.3, 0.4) is 0 Å². The first-order valence-electron chi connectivity index (χ1n) is 2.22. The number of nitrogen functional groups attached to an aromatic ring is 1. The highest BCUT2D eigenvalue weighted by atomic mass is 127. The van der Waals surface area contributed by atoms with E-state index >= 15 is 0 Å². The lowest BCUT2D eigenvalue weighted by Crippen LogP contribution is -3.00. The minimum Gasteiger partial charge on any atom is -1.00 e. The Kier molecular flexibility index (Phi) is 3.88. The molecule has 0 aromatic carbocycles. The van der Waals surface area contributed by atoms with E-state index in [1.54, 1.807) is 0 Å². The predicted molar refractivity (Wildman–Crippen MR) is 40.1 cm³/mol. The quantitative estimate of drug-likeness (QED) is 0.521. The van der Waals surface area contributed by atoms with Gasteiger partial charge in [0.1, 0.15) is 6.20 Å². The number of anilines is 1. The van der Waals surface area contributed by atoms with E-state index in [4.69, 9.17) is 5.73 Å². The van der Waals surface area contributed by atoms with Crippen molar-refractivity contribution in [2.45, 2.75) is 0 Å². The third-order valence-electron chi connectivity index (χ3n) is 0.799. The second kappa shape index (κ2) is 3.90. The van der Waals surface area contributed by atoms with Gasteiger partial charge in [-0.15, -0.1) is 0 Å². The maximum Gasteiger partial charge on any atom is 0.270 e. The summed E-state index contributed by atoms with van der Waals surface area (Å²) in [5, 5.41) is 0. The molecule has 1 aromatic heterocycles. The standard InChI is InChI=1S/C5H5IN2.ClH/c6-4-1-2-5(7)8-3-4;/h1-3H,(H2,7,8);1H. The number of halogens is 2. The van der Waals surface area contributed by atoms with Crippen LogP contribution in [0.1, 0.15) is 0 Å². The number of nitrogens with one attached hydrogen (secondary N) is 1. The third-order valence-corrected chi connectivity index (χ3v) is 1.47. The summed E-state index contributed by atoms with van der Waals surface area (Å²) >= 11 is 2.21. The van der Waals surface area contributed by atoms with Gasteiger partial charge in [0, 0.05) is 6.07 Å². The van der Waals surface area contributed by atoms with Crippen LogP contribution in [0.2, 0.25) is 0 Å². The first-order chi connectivity index (χ1) is 3.79. The van der Waals surface area contributed by atoms with E-state index in [2.05, 4.69) is 27.6 Å². The molecule has 1 rings (SSSR count). The molecule has 0 saturated carbocycles. The molecule has 0 saturated heterocycles. The molecule has 0 unspecified atom stereocenters. The first kappa shape index (κ1) is 8.97. The fourth-order valence-electron chi connectivity index (χ4n) is 0.418. The number of H-pyrrole nitrogens is 1. The van der Waals surface area contributed by atoms with Crippen LogP contribution in [0, 0.1) is 3.57 Å². The van der Waals surface area contributed by atoms with E-state index in [-0.39, 0.29) is 12.4 Å².